The summed E-state index contributed by atoms with van der Waals surface area (Å²) < 4.78 is 45.6. The van der Waals surface area contributed by atoms with E-state index in [1.165, 1.54) is 49.4 Å². The molecule has 0 spiro atoms. The Kier molecular flexibility index (Phi) is 5.53. The Labute approximate surface area is 163 Å². The minimum atomic E-state index is -4.40. The Balaban J connectivity index is 1.65. The number of hydrogen-bond acceptors (Lipinski definition) is 5. The third kappa shape index (κ3) is 4.71. The summed E-state index contributed by atoms with van der Waals surface area (Å²) in [6.45, 7) is 1.16. The van der Waals surface area contributed by atoms with Gasteiger partial charge < -0.3 is 9.30 Å². The molecule has 1 aromatic carbocycles. The van der Waals surface area contributed by atoms with E-state index in [1.807, 2.05) is 0 Å². The van der Waals surface area contributed by atoms with Crippen molar-refractivity contribution >= 4 is 11.8 Å². The molecule has 0 aliphatic heterocycles. The van der Waals surface area contributed by atoms with Crippen molar-refractivity contribution in [2.45, 2.75) is 26.6 Å². The predicted molar refractivity (Wildman–Crippen MR) is 95.9 cm³/mol. The number of benzene rings is 1. The average molecular weight is 406 g/mol. The van der Waals surface area contributed by atoms with E-state index in [0.29, 0.717) is 11.4 Å². The van der Waals surface area contributed by atoms with Gasteiger partial charge in [-0.15, -0.1) is 0 Å². The summed E-state index contributed by atoms with van der Waals surface area (Å²) in [7, 11) is 0. The van der Waals surface area contributed by atoms with Gasteiger partial charge in [-0.3, -0.25) is 4.79 Å². The molecule has 0 unspecified atom stereocenters. The van der Waals surface area contributed by atoms with Crippen LogP contribution in [0, 0.1) is 13.8 Å². The molecule has 0 saturated carbocycles. The van der Waals surface area contributed by atoms with Crippen LogP contribution in [-0.4, -0.2) is 43.9 Å². The second kappa shape index (κ2) is 7.90. The molecule has 3 aromatic rings. The van der Waals surface area contributed by atoms with Gasteiger partial charge in [0, 0.05) is 17.0 Å². The van der Waals surface area contributed by atoms with Gasteiger partial charge >= 0.3 is 12.1 Å². The highest BCUT2D eigenvalue weighted by Gasteiger charge is 2.30. The lowest BCUT2D eigenvalue weighted by atomic mass is 10.1. The standard InChI is InChI=1S/C19H17F3N4O3/c1-12-7-16(13(2)25(12)9-19(20,21)22)17(27)8-29-18(28)14-3-5-15(6-4-14)26-11-23-10-24-26/h3-7,10-11H,8-9H2,1-2H3. The van der Waals surface area contributed by atoms with Crippen molar-refractivity contribution < 1.29 is 27.5 Å². The maximum Gasteiger partial charge on any atom is 0.406 e. The van der Waals surface area contributed by atoms with Crippen molar-refractivity contribution in [3.8, 4) is 5.69 Å². The van der Waals surface area contributed by atoms with Crippen molar-refractivity contribution in [1.82, 2.24) is 19.3 Å². The molecule has 7 nitrogen and oxygen atoms in total. The lowest BCUT2D eigenvalue weighted by Gasteiger charge is -2.12. The Hall–Kier alpha value is -3.43. The van der Waals surface area contributed by atoms with Crippen LogP contribution in [0.15, 0.2) is 43.0 Å². The summed E-state index contributed by atoms with van der Waals surface area (Å²) in [5.41, 5.74) is 1.49. The van der Waals surface area contributed by atoms with Crippen LogP contribution in [0.1, 0.15) is 32.1 Å². The number of rotatable bonds is 6. The van der Waals surface area contributed by atoms with E-state index >= 15 is 0 Å². The Morgan fingerprint density at radius 2 is 1.83 bits per heavy atom. The monoisotopic (exact) mass is 406 g/mol. The summed E-state index contributed by atoms with van der Waals surface area (Å²) in [6, 6.07) is 7.66. The second-order valence-corrected chi connectivity index (χ2v) is 6.37. The molecule has 0 aliphatic rings. The van der Waals surface area contributed by atoms with Crippen molar-refractivity contribution in [1.29, 1.82) is 0 Å². The molecule has 0 fully saturated rings. The molecule has 2 heterocycles. The number of hydrogen-bond donors (Lipinski definition) is 0. The molecule has 2 aromatic heterocycles. The van der Waals surface area contributed by atoms with E-state index in [4.69, 9.17) is 4.74 Å². The van der Waals surface area contributed by atoms with Crippen LogP contribution in [0.5, 0.6) is 0 Å². The zero-order valence-electron chi connectivity index (χ0n) is 15.6. The molecule has 29 heavy (non-hydrogen) atoms. The van der Waals surface area contributed by atoms with E-state index in [0.717, 1.165) is 4.57 Å². The van der Waals surface area contributed by atoms with Gasteiger partial charge in [0.1, 0.15) is 19.2 Å². The Morgan fingerprint density at radius 1 is 1.14 bits per heavy atom. The average Bonchev–Trinajstić information content (AvgIpc) is 3.29. The molecule has 0 bridgehead atoms. The maximum absolute atomic E-state index is 12.7. The number of carbonyl (C=O) groups is 2. The number of nitrogens with zero attached hydrogens (tertiary/aromatic N) is 4. The van der Waals surface area contributed by atoms with Crippen LogP contribution in [0.4, 0.5) is 13.2 Å². The van der Waals surface area contributed by atoms with Crippen LogP contribution in [0.2, 0.25) is 0 Å². The molecule has 152 valence electrons. The number of ether oxygens (including phenoxy) is 1. The largest absolute Gasteiger partial charge is 0.454 e. The summed E-state index contributed by atoms with van der Waals surface area (Å²) in [4.78, 5) is 28.3. The number of ketones is 1. The first-order valence-electron chi connectivity index (χ1n) is 8.54. The van der Waals surface area contributed by atoms with Crippen molar-refractivity contribution in [2.24, 2.45) is 0 Å². The normalized spacial score (nSPS) is 11.5. The van der Waals surface area contributed by atoms with Gasteiger partial charge in [-0.1, -0.05) is 0 Å². The van der Waals surface area contributed by atoms with Gasteiger partial charge in [0.25, 0.3) is 0 Å². The first kappa shape index (κ1) is 20.3. The molecule has 0 atom stereocenters. The fourth-order valence-electron chi connectivity index (χ4n) is 2.89. The summed E-state index contributed by atoms with van der Waals surface area (Å²) in [5.74, 6) is -1.29. The fourth-order valence-corrected chi connectivity index (χ4v) is 2.89. The van der Waals surface area contributed by atoms with Crippen LogP contribution in [-0.2, 0) is 11.3 Å². The SMILES string of the molecule is Cc1cc(C(=O)COC(=O)c2ccc(-n3cncn3)cc2)c(C)n1CC(F)(F)F. The first-order valence-corrected chi connectivity index (χ1v) is 8.54. The van der Waals surface area contributed by atoms with E-state index in [-0.39, 0.29) is 16.8 Å². The zero-order chi connectivity index (χ0) is 21.2. The lowest BCUT2D eigenvalue weighted by molar-refractivity contribution is -0.141. The van der Waals surface area contributed by atoms with Gasteiger partial charge in [0.15, 0.2) is 6.61 Å². The summed E-state index contributed by atoms with van der Waals surface area (Å²) >= 11 is 0. The van der Waals surface area contributed by atoms with Gasteiger partial charge in [-0.2, -0.15) is 18.3 Å². The number of aryl methyl sites for hydroxylation is 1. The molecule has 0 aliphatic carbocycles. The minimum Gasteiger partial charge on any atom is -0.454 e. The first-order chi connectivity index (χ1) is 13.7. The quantitative estimate of drug-likeness (QED) is 0.464. The number of Topliss-reactive ketones (excluding diaryl/α,β-unsaturated/α-hetero) is 1. The number of carbonyl (C=O) groups excluding carboxylic acids is 2. The van der Waals surface area contributed by atoms with Crippen LogP contribution >= 0.6 is 0 Å². The molecular formula is C19H17F3N4O3. The van der Waals surface area contributed by atoms with Crippen LogP contribution in [0.25, 0.3) is 5.69 Å². The lowest BCUT2D eigenvalue weighted by Crippen LogP contribution is -2.20. The third-order valence-corrected chi connectivity index (χ3v) is 4.33. The van der Waals surface area contributed by atoms with Crippen LogP contribution in [0.3, 0.4) is 0 Å². The van der Waals surface area contributed by atoms with Gasteiger partial charge in [0.05, 0.1) is 11.3 Å². The maximum atomic E-state index is 12.7. The molecule has 0 amide bonds. The van der Waals surface area contributed by atoms with E-state index in [9.17, 15) is 22.8 Å². The molecule has 3 rings (SSSR count). The molecule has 10 heteroatoms. The van der Waals surface area contributed by atoms with Gasteiger partial charge in [-0.05, 0) is 44.2 Å². The summed E-state index contributed by atoms with van der Waals surface area (Å²) in [6.07, 6.45) is -1.53. The molecule has 0 saturated heterocycles. The highest BCUT2D eigenvalue weighted by atomic mass is 19.4. The Bertz CT molecular complexity index is 1020. The van der Waals surface area contributed by atoms with E-state index in [2.05, 4.69) is 10.1 Å². The topological polar surface area (TPSA) is 79.0 Å². The Morgan fingerprint density at radius 3 is 2.41 bits per heavy atom. The zero-order valence-corrected chi connectivity index (χ0v) is 15.6. The number of alkyl halides is 3. The minimum absolute atomic E-state index is 0.0982. The van der Waals surface area contributed by atoms with Gasteiger partial charge in [-0.25, -0.2) is 14.5 Å². The molecule has 0 N–H and O–H groups in total. The predicted octanol–water partition coefficient (Wildman–Crippen LogP) is 3.29. The highest BCUT2D eigenvalue weighted by molar-refractivity contribution is 6.00. The van der Waals surface area contributed by atoms with Crippen LogP contribution < -0.4 is 0 Å². The third-order valence-electron chi connectivity index (χ3n) is 4.33. The summed E-state index contributed by atoms with van der Waals surface area (Å²) in [5, 5.41) is 3.97. The number of esters is 1. The van der Waals surface area contributed by atoms with E-state index in [1.54, 1.807) is 12.1 Å². The molecule has 0 radical (unpaired) electrons. The highest BCUT2D eigenvalue weighted by Crippen LogP contribution is 2.23. The van der Waals surface area contributed by atoms with Crippen molar-refractivity contribution in [2.75, 3.05) is 6.61 Å². The van der Waals surface area contributed by atoms with Crippen molar-refractivity contribution in [3.05, 3.63) is 65.5 Å². The van der Waals surface area contributed by atoms with E-state index < -0.39 is 31.1 Å². The fraction of sp³-hybridized carbons (Fsp3) is 0.263. The smallest absolute Gasteiger partial charge is 0.406 e. The number of halogens is 3. The van der Waals surface area contributed by atoms with Gasteiger partial charge in [0.2, 0.25) is 5.78 Å². The number of aromatic nitrogens is 4. The molecular weight excluding hydrogens is 389 g/mol. The van der Waals surface area contributed by atoms with Crippen molar-refractivity contribution in [3.63, 3.8) is 0 Å². The second-order valence-electron chi connectivity index (χ2n) is 6.37.